The number of benzene rings is 1. The molecule has 0 aliphatic carbocycles. The van der Waals surface area contributed by atoms with Crippen molar-refractivity contribution in [3.05, 3.63) is 60.0 Å². The molecular weight excluding hydrogens is 446 g/mol. The molecule has 3 aromatic heterocycles. The summed E-state index contributed by atoms with van der Waals surface area (Å²) >= 11 is 0. The fourth-order valence-corrected chi connectivity index (χ4v) is 4.06. The number of ether oxygens (including phenoxy) is 1. The minimum Gasteiger partial charge on any atom is -0.493 e. The van der Waals surface area contributed by atoms with Gasteiger partial charge in [-0.05, 0) is 49.7 Å². The number of aryl methyl sites for hydroxylation is 1. The van der Waals surface area contributed by atoms with Crippen LogP contribution in [-0.2, 0) is 9.84 Å². The van der Waals surface area contributed by atoms with Crippen LogP contribution in [0.1, 0.15) is 22.5 Å². The number of carbonyl (C=O) groups excluding carboxylic acids is 1. The highest BCUT2D eigenvalue weighted by Crippen LogP contribution is 2.28. The van der Waals surface area contributed by atoms with E-state index in [9.17, 15) is 13.2 Å². The van der Waals surface area contributed by atoms with Crippen molar-refractivity contribution in [2.24, 2.45) is 0 Å². The molecule has 1 aromatic carbocycles. The highest BCUT2D eigenvalue weighted by Gasteiger charge is 2.22. The van der Waals surface area contributed by atoms with Crippen LogP contribution < -0.4 is 4.74 Å². The molecule has 4 aromatic rings. The maximum absolute atomic E-state index is 13.2. The molecular formula is C23H23N3O6S. The summed E-state index contributed by atoms with van der Waals surface area (Å²) in [4.78, 5) is 19.4. The van der Waals surface area contributed by atoms with E-state index in [0.717, 1.165) is 6.26 Å². The van der Waals surface area contributed by atoms with E-state index in [2.05, 4.69) is 10.1 Å². The van der Waals surface area contributed by atoms with E-state index in [4.69, 9.17) is 13.7 Å². The van der Waals surface area contributed by atoms with E-state index in [1.807, 2.05) is 0 Å². The normalized spacial score (nSPS) is 11.6. The Balaban J connectivity index is 1.45. The van der Waals surface area contributed by atoms with Crippen LogP contribution in [-0.4, -0.2) is 55.8 Å². The van der Waals surface area contributed by atoms with E-state index in [0.29, 0.717) is 53.4 Å². The molecule has 0 unspecified atom stereocenters. The molecule has 10 heteroatoms. The molecule has 0 aliphatic heterocycles. The van der Waals surface area contributed by atoms with Gasteiger partial charge in [0.05, 0.1) is 34.4 Å². The summed E-state index contributed by atoms with van der Waals surface area (Å²) < 4.78 is 39.8. The zero-order chi connectivity index (χ0) is 23.6. The maximum atomic E-state index is 13.2. The lowest BCUT2D eigenvalue weighted by molar-refractivity contribution is 0.0789. The Hall–Kier alpha value is -3.66. The summed E-state index contributed by atoms with van der Waals surface area (Å²) in [5.74, 6) is 0.777. The van der Waals surface area contributed by atoms with Crippen molar-refractivity contribution in [2.75, 3.05) is 26.5 Å². The molecule has 3 heterocycles. The number of pyridine rings is 1. The van der Waals surface area contributed by atoms with E-state index in [1.54, 1.807) is 49.2 Å². The van der Waals surface area contributed by atoms with E-state index >= 15 is 0 Å². The van der Waals surface area contributed by atoms with Crippen molar-refractivity contribution in [1.82, 2.24) is 15.0 Å². The Bertz CT molecular complexity index is 1390. The number of nitrogens with zero attached hydrogens (tertiary/aromatic N) is 3. The predicted octanol–water partition coefficient (Wildman–Crippen LogP) is 3.74. The van der Waals surface area contributed by atoms with Crippen LogP contribution in [0, 0.1) is 6.92 Å². The number of amides is 1. The topological polar surface area (TPSA) is 116 Å². The molecule has 0 saturated heterocycles. The third kappa shape index (κ3) is 4.90. The number of furan rings is 1. The second kappa shape index (κ2) is 9.07. The largest absolute Gasteiger partial charge is 0.493 e. The predicted molar refractivity (Wildman–Crippen MR) is 121 cm³/mol. The number of sulfone groups is 1. The molecule has 0 fully saturated rings. The van der Waals surface area contributed by atoms with Gasteiger partial charge in [-0.2, -0.15) is 0 Å². The van der Waals surface area contributed by atoms with Gasteiger partial charge in [-0.25, -0.2) is 13.4 Å². The SMILES string of the molecule is Cc1noc2nc(-c3ccco3)cc(C(=O)N(C)CCCOc3cccc(S(C)(=O)=O)c3)c12. The average Bonchev–Trinajstić information content (AvgIpc) is 3.45. The number of aromatic nitrogens is 2. The highest BCUT2D eigenvalue weighted by molar-refractivity contribution is 7.90. The molecule has 0 aliphatic rings. The van der Waals surface area contributed by atoms with Gasteiger partial charge in [0.2, 0.25) is 0 Å². The summed E-state index contributed by atoms with van der Waals surface area (Å²) in [6.45, 7) is 2.50. The Morgan fingerprint density at radius 1 is 1.18 bits per heavy atom. The minimum absolute atomic E-state index is 0.199. The highest BCUT2D eigenvalue weighted by atomic mass is 32.2. The standard InChI is InChI=1S/C23H23N3O6S/c1-15-21-18(14-19(20-9-5-11-31-20)24-22(21)32-25-15)23(27)26(2)10-6-12-30-16-7-4-8-17(13-16)33(3,28)29/h4-5,7-9,11,13-14H,6,10,12H2,1-3H3. The molecule has 0 spiro atoms. The van der Waals surface area contributed by atoms with Crippen molar-refractivity contribution >= 4 is 26.8 Å². The van der Waals surface area contributed by atoms with Crippen molar-refractivity contribution in [2.45, 2.75) is 18.2 Å². The number of fused-ring (bicyclic) bond motifs is 1. The smallest absolute Gasteiger partial charge is 0.259 e. The zero-order valence-electron chi connectivity index (χ0n) is 18.4. The Morgan fingerprint density at radius 3 is 2.73 bits per heavy atom. The number of carbonyl (C=O) groups is 1. The monoisotopic (exact) mass is 469 g/mol. The summed E-state index contributed by atoms with van der Waals surface area (Å²) in [6, 6.07) is 11.5. The van der Waals surface area contributed by atoms with Gasteiger partial charge in [0.15, 0.2) is 15.6 Å². The molecule has 9 nitrogen and oxygen atoms in total. The summed E-state index contributed by atoms with van der Waals surface area (Å²) in [5, 5.41) is 4.52. The molecule has 0 N–H and O–H groups in total. The molecule has 1 amide bonds. The summed E-state index contributed by atoms with van der Waals surface area (Å²) in [6.07, 6.45) is 3.23. The molecule has 4 rings (SSSR count). The number of rotatable bonds is 8. The van der Waals surface area contributed by atoms with E-state index in [1.165, 1.54) is 18.4 Å². The zero-order valence-corrected chi connectivity index (χ0v) is 19.3. The van der Waals surface area contributed by atoms with Crippen LogP contribution in [0.15, 0.2) is 62.6 Å². The first-order valence-electron chi connectivity index (χ1n) is 10.2. The summed E-state index contributed by atoms with van der Waals surface area (Å²) in [5.41, 5.74) is 1.76. The lowest BCUT2D eigenvalue weighted by Crippen LogP contribution is -2.29. The Labute approximate surface area is 190 Å². The van der Waals surface area contributed by atoms with E-state index in [-0.39, 0.29) is 16.5 Å². The third-order valence-electron chi connectivity index (χ3n) is 5.11. The lowest BCUT2D eigenvalue weighted by Gasteiger charge is -2.18. The van der Waals surface area contributed by atoms with Gasteiger partial charge in [-0.1, -0.05) is 11.2 Å². The van der Waals surface area contributed by atoms with Crippen LogP contribution in [0.5, 0.6) is 5.75 Å². The Morgan fingerprint density at radius 2 is 2.00 bits per heavy atom. The molecule has 0 bridgehead atoms. The van der Waals surface area contributed by atoms with Crippen molar-refractivity contribution in [3.8, 4) is 17.2 Å². The summed E-state index contributed by atoms with van der Waals surface area (Å²) in [7, 11) is -1.60. The van der Waals surface area contributed by atoms with Gasteiger partial charge in [-0.3, -0.25) is 4.79 Å². The second-order valence-corrected chi connectivity index (χ2v) is 9.67. The van der Waals surface area contributed by atoms with Gasteiger partial charge in [0.1, 0.15) is 11.4 Å². The van der Waals surface area contributed by atoms with Gasteiger partial charge >= 0.3 is 0 Å². The van der Waals surface area contributed by atoms with Crippen molar-refractivity contribution < 1.29 is 26.9 Å². The number of hydrogen-bond acceptors (Lipinski definition) is 8. The van der Waals surface area contributed by atoms with Gasteiger partial charge in [0.25, 0.3) is 11.6 Å². The van der Waals surface area contributed by atoms with Crippen LogP contribution in [0.2, 0.25) is 0 Å². The molecule has 0 atom stereocenters. The van der Waals surface area contributed by atoms with Crippen molar-refractivity contribution in [1.29, 1.82) is 0 Å². The molecule has 0 saturated carbocycles. The lowest BCUT2D eigenvalue weighted by atomic mass is 10.1. The van der Waals surface area contributed by atoms with Crippen molar-refractivity contribution in [3.63, 3.8) is 0 Å². The first kappa shape index (κ1) is 22.5. The van der Waals surface area contributed by atoms with E-state index < -0.39 is 9.84 Å². The third-order valence-corrected chi connectivity index (χ3v) is 6.22. The van der Waals surface area contributed by atoms with Gasteiger partial charge < -0.3 is 18.6 Å². The van der Waals surface area contributed by atoms with Gasteiger partial charge in [-0.15, -0.1) is 0 Å². The van der Waals surface area contributed by atoms with Gasteiger partial charge in [0, 0.05) is 19.8 Å². The van der Waals surface area contributed by atoms with Crippen LogP contribution >= 0.6 is 0 Å². The van der Waals surface area contributed by atoms with Crippen LogP contribution in [0.3, 0.4) is 0 Å². The fourth-order valence-electron chi connectivity index (χ4n) is 3.41. The quantitative estimate of drug-likeness (QED) is 0.358. The first-order valence-corrected chi connectivity index (χ1v) is 12.1. The number of hydrogen-bond donors (Lipinski definition) is 0. The minimum atomic E-state index is -3.31. The Kier molecular flexibility index (Phi) is 6.19. The molecule has 33 heavy (non-hydrogen) atoms. The molecule has 0 radical (unpaired) electrons. The van der Waals surface area contributed by atoms with Crippen LogP contribution in [0.25, 0.3) is 22.6 Å². The first-order chi connectivity index (χ1) is 15.7. The molecule has 172 valence electrons. The second-order valence-electron chi connectivity index (χ2n) is 7.66. The fraction of sp³-hybridized carbons (Fsp3) is 0.261. The average molecular weight is 470 g/mol. The maximum Gasteiger partial charge on any atom is 0.259 e. The van der Waals surface area contributed by atoms with Crippen LogP contribution in [0.4, 0.5) is 0 Å².